The van der Waals surface area contributed by atoms with Crippen LogP contribution in [0.1, 0.15) is 19.3 Å². The first-order valence-corrected chi connectivity index (χ1v) is 4.32. The van der Waals surface area contributed by atoms with E-state index in [2.05, 4.69) is 0 Å². The van der Waals surface area contributed by atoms with E-state index in [4.69, 9.17) is 10.5 Å². The lowest BCUT2D eigenvalue weighted by Crippen LogP contribution is -2.36. The van der Waals surface area contributed by atoms with E-state index in [1.165, 1.54) is 0 Å². The summed E-state index contributed by atoms with van der Waals surface area (Å²) in [6.45, 7) is 0.853. The molecule has 72 valence electrons. The van der Waals surface area contributed by atoms with Gasteiger partial charge in [0.05, 0.1) is 6.61 Å². The van der Waals surface area contributed by atoms with Crippen molar-refractivity contribution in [2.75, 3.05) is 19.8 Å². The van der Waals surface area contributed by atoms with Crippen LogP contribution in [0, 0.1) is 5.92 Å². The second-order valence-corrected chi connectivity index (χ2v) is 3.21. The molecular weight excluding hydrogens is 164 g/mol. The molecule has 0 spiro atoms. The Morgan fingerprint density at radius 1 is 1.50 bits per heavy atom. The van der Waals surface area contributed by atoms with Crippen molar-refractivity contribution in [1.82, 2.24) is 0 Å². The Morgan fingerprint density at radius 2 is 2.25 bits per heavy atom. The Labute approximate surface area is 71.1 Å². The predicted molar refractivity (Wildman–Crippen MR) is 42.2 cm³/mol. The molecule has 0 bridgehead atoms. The van der Waals surface area contributed by atoms with E-state index in [0.717, 1.165) is 6.42 Å². The molecule has 0 radical (unpaired) electrons. The molecule has 0 aromatic rings. The molecule has 1 rings (SSSR count). The summed E-state index contributed by atoms with van der Waals surface area (Å²) < 4.78 is 31.3. The van der Waals surface area contributed by atoms with Crippen LogP contribution in [-0.4, -0.2) is 25.7 Å². The van der Waals surface area contributed by atoms with Crippen LogP contribution in [0.4, 0.5) is 8.78 Å². The largest absolute Gasteiger partial charge is 0.381 e. The van der Waals surface area contributed by atoms with Crippen LogP contribution in [0.25, 0.3) is 0 Å². The molecule has 1 heterocycles. The third kappa shape index (κ3) is 2.38. The van der Waals surface area contributed by atoms with Crippen molar-refractivity contribution < 1.29 is 13.5 Å². The van der Waals surface area contributed by atoms with Gasteiger partial charge in [-0.15, -0.1) is 0 Å². The molecule has 1 aliphatic rings. The molecule has 12 heavy (non-hydrogen) atoms. The van der Waals surface area contributed by atoms with Gasteiger partial charge in [-0.2, -0.15) is 0 Å². The lowest BCUT2D eigenvalue weighted by atomic mass is 9.93. The van der Waals surface area contributed by atoms with Crippen LogP contribution in [0.2, 0.25) is 0 Å². The highest BCUT2D eigenvalue weighted by Gasteiger charge is 2.39. The number of hydrogen-bond acceptors (Lipinski definition) is 2. The van der Waals surface area contributed by atoms with Crippen molar-refractivity contribution in [1.29, 1.82) is 0 Å². The molecule has 1 aliphatic heterocycles. The first-order chi connectivity index (χ1) is 5.67. The first kappa shape index (κ1) is 9.86. The number of ether oxygens (including phenoxy) is 1. The maximum Gasteiger partial charge on any atom is 0.254 e. The molecular formula is C8H15F2NO. The summed E-state index contributed by atoms with van der Waals surface area (Å²) in [6.07, 6.45) is 1.08. The highest BCUT2D eigenvalue weighted by molar-refractivity contribution is 4.79. The third-order valence-electron chi connectivity index (χ3n) is 2.24. The Hall–Kier alpha value is -0.220. The minimum atomic E-state index is -2.63. The quantitative estimate of drug-likeness (QED) is 0.710. The molecule has 0 saturated carbocycles. The van der Waals surface area contributed by atoms with E-state index >= 15 is 0 Å². The number of nitrogens with two attached hydrogens (primary N) is 1. The Balaban J connectivity index is 2.41. The summed E-state index contributed by atoms with van der Waals surface area (Å²) >= 11 is 0. The van der Waals surface area contributed by atoms with Gasteiger partial charge in [0, 0.05) is 18.9 Å². The topological polar surface area (TPSA) is 35.2 Å². The summed E-state index contributed by atoms with van der Waals surface area (Å²) in [5, 5.41) is 0. The van der Waals surface area contributed by atoms with Gasteiger partial charge in [-0.05, 0) is 19.4 Å². The fraction of sp³-hybridized carbons (Fsp3) is 1.00. The van der Waals surface area contributed by atoms with Gasteiger partial charge in [-0.25, -0.2) is 8.78 Å². The zero-order valence-corrected chi connectivity index (χ0v) is 7.06. The van der Waals surface area contributed by atoms with Crippen molar-refractivity contribution in [2.24, 2.45) is 11.7 Å². The monoisotopic (exact) mass is 179 g/mol. The zero-order chi connectivity index (χ0) is 9.03. The van der Waals surface area contributed by atoms with Crippen molar-refractivity contribution in [3.8, 4) is 0 Å². The molecule has 2 nitrogen and oxygen atoms in total. The average Bonchev–Trinajstić information content (AvgIpc) is 2.06. The fourth-order valence-electron chi connectivity index (χ4n) is 1.47. The van der Waals surface area contributed by atoms with Gasteiger partial charge in [0.15, 0.2) is 0 Å². The molecule has 0 amide bonds. The number of alkyl halides is 2. The molecule has 2 N–H and O–H groups in total. The summed E-state index contributed by atoms with van der Waals surface area (Å²) in [5.41, 5.74) is 5.10. The first-order valence-electron chi connectivity index (χ1n) is 4.32. The zero-order valence-electron chi connectivity index (χ0n) is 7.06. The van der Waals surface area contributed by atoms with E-state index < -0.39 is 11.8 Å². The van der Waals surface area contributed by atoms with Crippen LogP contribution in [0.3, 0.4) is 0 Å². The van der Waals surface area contributed by atoms with Gasteiger partial charge in [0.2, 0.25) is 0 Å². The molecule has 0 aliphatic carbocycles. The van der Waals surface area contributed by atoms with Gasteiger partial charge in [0.1, 0.15) is 0 Å². The molecule has 0 aromatic heterocycles. The molecule has 4 heteroatoms. The normalized spacial score (nSPS) is 25.8. The Bertz CT molecular complexity index is 135. The van der Waals surface area contributed by atoms with E-state index in [1.807, 2.05) is 0 Å². The summed E-state index contributed by atoms with van der Waals surface area (Å²) in [6, 6.07) is 0. The van der Waals surface area contributed by atoms with Gasteiger partial charge < -0.3 is 10.5 Å². The van der Waals surface area contributed by atoms with Crippen molar-refractivity contribution in [2.45, 2.75) is 25.2 Å². The number of hydrogen-bond donors (Lipinski definition) is 1. The van der Waals surface area contributed by atoms with Crippen LogP contribution < -0.4 is 5.73 Å². The van der Waals surface area contributed by atoms with E-state index in [0.29, 0.717) is 13.0 Å². The minimum Gasteiger partial charge on any atom is -0.381 e. The van der Waals surface area contributed by atoms with Crippen LogP contribution in [-0.2, 0) is 4.74 Å². The Morgan fingerprint density at radius 3 is 2.75 bits per heavy atom. The van der Waals surface area contributed by atoms with Crippen LogP contribution >= 0.6 is 0 Å². The molecule has 0 aromatic carbocycles. The molecule has 1 unspecified atom stereocenters. The van der Waals surface area contributed by atoms with Crippen molar-refractivity contribution >= 4 is 0 Å². The Kier molecular flexibility index (Phi) is 3.40. The number of rotatable bonds is 3. The lowest BCUT2D eigenvalue weighted by molar-refractivity contribution is -0.111. The second kappa shape index (κ2) is 4.14. The highest BCUT2D eigenvalue weighted by Crippen LogP contribution is 2.33. The highest BCUT2D eigenvalue weighted by atomic mass is 19.3. The van der Waals surface area contributed by atoms with Gasteiger partial charge in [-0.1, -0.05) is 0 Å². The SMILES string of the molecule is NCCC(F)(F)C1CCCOC1. The summed E-state index contributed by atoms with van der Waals surface area (Å²) in [4.78, 5) is 0. The summed E-state index contributed by atoms with van der Waals surface area (Å²) in [7, 11) is 0. The number of halogens is 2. The van der Waals surface area contributed by atoms with Crippen molar-refractivity contribution in [3.05, 3.63) is 0 Å². The minimum absolute atomic E-state index is 0.0451. The molecule has 1 atom stereocenters. The fourth-order valence-corrected chi connectivity index (χ4v) is 1.47. The predicted octanol–water partition coefficient (Wildman–Crippen LogP) is 1.40. The van der Waals surface area contributed by atoms with Gasteiger partial charge >= 0.3 is 0 Å². The van der Waals surface area contributed by atoms with Gasteiger partial charge in [0.25, 0.3) is 5.92 Å². The van der Waals surface area contributed by atoms with E-state index in [9.17, 15) is 8.78 Å². The lowest BCUT2D eigenvalue weighted by Gasteiger charge is -2.29. The molecule has 1 fully saturated rings. The molecule has 1 saturated heterocycles. The summed E-state index contributed by atoms with van der Waals surface area (Å²) in [5.74, 6) is -3.25. The smallest absolute Gasteiger partial charge is 0.254 e. The van der Waals surface area contributed by atoms with E-state index in [-0.39, 0.29) is 19.6 Å². The van der Waals surface area contributed by atoms with Gasteiger partial charge in [-0.3, -0.25) is 0 Å². The average molecular weight is 179 g/mol. The second-order valence-electron chi connectivity index (χ2n) is 3.21. The van der Waals surface area contributed by atoms with Crippen LogP contribution in [0.5, 0.6) is 0 Å². The van der Waals surface area contributed by atoms with E-state index in [1.54, 1.807) is 0 Å². The maximum atomic E-state index is 13.1. The third-order valence-corrected chi connectivity index (χ3v) is 2.24. The van der Waals surface area contributed by atoms with Crippen LogP contribution in [0.15, 0.2) is 0 Å². The standard InChI is InChI=1S/C8H15F2NO/c9-8(10,3-4-11)7-2-1-5-12-6-7/h7H,1-6,11H2. The van der Waals surface area contributed by atoms with Crippen molar-refractivity contribution in [3.63, 3.8) is 0 Å². The maximum absolute atomic E-state index is 13.1.